The minimum Gasteiger partial charge on any atom is -0.348 e. The average Bonchev–Trinajstić information content (AvgIpc) is 2.62. The molecule has 0 saturated carbocycles. The van der Waals surface area contributed by atoms with Crippen molar-refractivity contribution >= 4 is 5.91 Å². The molecule has 1 unspecified atom stereocenters. The number of hydrogen-bond acceptors (Lipinski definition) is 1. The molecule has 1 aromatic carbocycles. The molecule has 0 heterocycles. The van der Waals surface area contributed by atoms with Crippen molar-refractivity contribution in [2.45, 2.75) is 76.8 Å². The fourth-order valence-electron chi connectivity index (χ4n) is 3.40. The Morgan fingerprint density at radius 1 is 1.07 bits per heavy atom. The Morgan fingerprint density at radius 2 is 1.74 bits per heavy atom. The Morgan fingerprint density at radius 3 is 2.33 bits per heavy atom. The van der Waals surface area contributed by atoms with E-state index in [1.54, 1.807) is 0 Å². The van der Waals surface area contributed by atoms with Gasteiger partial charge in [-0.15, -0.1) is 0 Å². The molecule has 1 rings (SSSR count). The second-order valence-corrected chi connectivity index (χ2v) is 7.52. The van der Waals surface area contributed by atoms with Crippen LogP contribution < -0.4 is 5.32 Å². The highest BCUT2D eigenvalue weighted by Gasteiger charge is 2.38. The molecule has 5 heteroatoms. The lowest BCUT2D eigenvalue weighted by molar-refractivity contribution is -0.173. The van der Waals surface area contributed by atoms with Gasteiger partial charge in [-0.25, -0.2) is 0 Å². The highest BCUT2D eigenvalue weighted by Crippen LogP contribution is 2.36. The second-order valence-electron chi connectivity index (χ2n) is 7.52. The first-order chi connectivity index (χ1) is 12.7. The summed E-state index contributed by atoms with van der Waals surface area (Å²) >= 11 is 0. The van der Waals surface area contributed by atoms with E-state index >= 15 is 0 Å². The molecule has 2 nitrogen and oxygen atoms in total. The molecule has 1 aromatic rings. The molecule has 0 fully saturated rings. The monoisotopic (exact) mass is 383 g/mol. The molecule has 1 N–H and O–H groups in total. The number of halogens is 3. The first-order valence-corrected chi connectivity index (χ1v) is 9.76. The van der Waals surface area contributed by atoms with E-state index in [0.717, 1.165) is 24.8 Å². The van der Waals surface area contributed by atoms with Crippen LogP contribution in [-0.4, -0.2) is 18.6 Å². The van der Waals surface area contributed by atoms with Crippen molar-refractivity contribution in [1.82, 2.24) is 5.32 Å². The molecule has 0 saturated heterocycles. The molecule has 0 aliphatic heterocycles. The molecule has 0 aromatic heterocycles. The number of alkyl halides is 3. The van der Waals surface area contributed by atoms with E-state index in [9.17, 15) is 18.0 Å². The third-order valence-corrected chi connectivity index (χ3v) is 4.94. The van der Waals surface area contributed by atoms with Crippen molar-refractivity contribution in [3.63, 3.8) is 0 Å². The van der Waals surface area contributed by atoms with Crippen molar-refractivity contribution < 1.29 is 18.0 Å². The first kappa shape index (κ1) is 23.3. The van der Waals surface area contributed by atoms with Crippen LogP contribution in [0.4, 0.5) is 13.2 Å². The normalized spacial score (nSPS) is 13.8. The van der Waals surface area contributed by atoms with Crippen molar-refractivity contribution in [3.05, 3.63) is 48.0 Å². The maximum Gasteiger partial charge on any atom is 0.471 e. The Kier molecular flexibility index (Phi) is 9.61. The molecule has 1 atom stereocenters. The quantitative estimate of drug-likeness (QED) is 0.332. The van der Waals surface area contributed by atoms with Gasteiger partial charge in [-0.3, -0.25) is 4.79 Å². The van der Waals surface area contributed by atoms with E-state index in [2.05, 4.69) is 32.6 Å². The van der Waals surface area contributed by atoms with Crippen LogP contribution in [-0.2, 0) is 10.2 Å². The predicted molar refractivity (Wildman–Crippen MR) is 105 cm³/mol. The van der Waals surface area contributed by atoms with Gasteiger partial charge in [0, 0.05) is 6.54 Å². The van der Waals surface area contributed by atoms with Crippen LogP contribution in [0.5, 0.6) is 0 Å². The van der Waals surface area contributed by atoms with Crippen LogP contribution in [0.15, 0.2) is 42.5 Å². The summed E-state index contributed by atoms with van der Waals surface area (Å²) < 4.78 is 36.9. The van der Waals surface area contributed by atoms with E-state index in [-0.39, 0.29) is 12.0 Å². The number of hydrogen-bond donors (Lipinski definition) is 1. The first-order valence-electron chi connectivity index (χ1n) is 9.76. The van der Waals surface area contributed by atoms with Gasteiger partial charge in [0.15, 0.2) is 0 Å². The zero-order valence-corrected chi connectivity index (χ0v) is 16.5. The highest BCUT2D eigenvalue weighted by molar-refractivity contribution is 5.81. The number of unbranched alkanes of at least 4 members (excludes halogenated alkanes) is 3. The lowest BCUT2D eigenvalue weighted by atomic mass is 9.73. The summed E-state index contributed by atoms with van der Waals surface area (Å²) in [7, 11) is 0. The Bertz CT molecular complexity index is 583. The van der Waals surface area contributed by atoms with Gasteiger partial charge in [-0.1, -0.05) is 75.6 Å². The van der Waals surface area contributed by atoms with E-state index < -0.39 is 12.1 Å². The molecule has 0 aliphatic carbocycles. The Labute approximate surface area is 161 Å². The van der Waals surface area contributed by atoms with Crippen molar-refractivity contribution in [1.29, 1.82) is 0 Å². The number of amides is 1. The van der Waals surface area contributed by atoms with Gasteiger partial charge in [0.1, 0.15) is 0 Å². The van der Waals surface area contributed by atoms with E-state index in [4.69, 9.17) is 0 Å². The summed E-state index contributed by atoms with van der Waals surface area (Å²) in [5.41, 5.74) is 2.13. The Balaban J connectivity index is 2.65. The Hall–Kier alpha value is -1.78. The van der Waals surface area contributed by atoms with Crippen molar-refractivity contribution in [2.24, 2.45) is 0 Å². The topological polar surface area (TPSA) is 29.1 Å². The summed E-state index contributed by atoms with van der Waals surface area (Å²) in [4.78, 5) is 11.0. The van der Waals surface area contributed by atoms with Gasteiger partial charge in [-0.2, -0.15) is 13.2 Å². The van der Waals surface area contributed by atoms with Crippen LogP contribution in [0.3, 0.4) is 0 Å². The molecular formula is C22H32F3NO. The number of allylic oxidation sites excluding steroid dienone is 1. The number of nitrogens with one attached hydrogen (secondary N) is 1. The van der Waals surface area contributed by atoms with Crippen LogP contribution in [0.25, 0.3) is 0 Å². The van der Waals surface area contributed by atoms with E-state index in [1.165, 1.54) is 24.8 Å². The van der Waals surface area contributed by atoms with Gasteiger partial charge in [-0.05, 0) is 43.1 Å². The van der Waals surface area contributed by atoms with Gasteiger partial charge in [0.2, 0.25) is 0 Å². The minimum atomic E-state index is -4.82. The predicted octanol–water partition coefficient (Wildman–Crippen LogP) is 6.32. The summed E-state index contributed by atoms with van der Waals surface area (Å²) in [6.07, 6.45) is 2.86. The van der Waals surface area contributed by atoms with Gasteiger partial charge in [0.05, 0.1) is 0 Å². The zero-order valence-electron chi connectivity index (χ0n) is 16.5. The molecule has 0 aliphatic rings. The SMILES string of the molecule is C=C(CCCCCC)CC(C)(CCCNC(=O)C(F)(F)F)c1ccccc1. The summed E-state index contributed by atoms with van der Waals surface area (Å²) in [5.74, 6) is -1.87. The maximum absolute atomic E-state index is 12.3. The molecular weight excluding hydrogens is 351 g/mol. The third kappa shape index (κ3) is 8.63. The smallest absolute Gasteiger partial charge is 0.348 e. The lowest BCUT2D eigenvalue weighted by Crippen LogP contribution is -2.37. The van der Waals surface area contributed by atoms with Crippen LogP contribution in [0.2, 0.25) is 0 Å². The molecule has 1 amide bonds. The third-order valence-electron chi connectivity index (χ3n) is 4.94. The van der Waals surface area contributed by atoms with Crippen LogP contribution in [0, 0.1) is 0 Å². The largest absolute Gasteiger partial charge is 0.471 e. The molecule has 27 heavy (non-hydrogen) atoms. The van der Waals surface area contributed by atoms with E-state index in [0.29, 0.717) is 12.8 Å². The van der Waals surface area contributed by atoms with Gasteiger partial charge >= 0.3 is 12.1 Å². The van der Waals surface area contributed by atoms with Crippen LogP contribution >= 0.6 is 0 Å². The number of rotatable bonds is 12. The summed E-state index contributed by atoms with van der Waals surface area (Å²) in [6.45, 7) is 8.56. The molecule has 152 valence electrons. The molecule has 0 spiro atoms. The van der Waals surface area contributed by atoms with Crippen LogP contribution in [0.1, 0.15) is 70.8 Å². The average molecular weight is 383 g/mol. The fourth-order valence-corrected chi connectivity index (χ4v) is 3.40. The minimum absolute atomic E-state index is 0.0176. The highest BCUT2D eigenvalue weighted by atomic mass is 19.4. The molecule has 0 radical (unpaired) electrons. The number of carbonyl (C=O) groups is 1. The number of benzene rings is 1. The summed E-state index contributed by atoms with van der Waals surface area (Å²) in [5, 5.41) is 1.96. The second kappa shape index (κ2) is 11.2. The van der Waals surface area contributed by atoms with Crippen molar-refractivity contribution in [2.75, 3.05) is 6.54 Å². The van der Waals surface area contributed by atoms with Gasteiger partial charge < -0.3 is 5.32 Å². The molecule has 0 bridgehead atoms. The lowest BCUT2D eigenvalue weighted by Gasteiger charge is -2.31. The maximum atomic E-state index is 12.3. The fraction of sp³-hybridized carbons (Fsp3) is 0.591. The summed E-state index contributed by atoms with van der Waals surface area (Å²) in [6, 6.07) is 10.0. The van der Waals surface area contributed by atoms with E-state index in [1.807, 2.05) is 23.5 Å². The van der Waals surface area contributed by atoms with Crippen molar-refractivity contribution in [3.8, 4) is 0 Å². The number of carbonyl (C=O) groups excluding carboxylic acids is 1. The standard InChI is InChI=1S/C22H32F3NO/c1-4-5-6-8-12-18(2)17-21(3,19-13-9-7-10-14-19)15-11-16-26-20(27)22(23,24)25/h7,9-10,13-14H,2,4-6,8,11-12,15-17H2,1,3H3,(H,26,27). The zero-order chi connectivity index (χ0) is 20.3. The van der Waals surface area contributed by atoms with Gasteiger partial charge in [0.25, 0.3) is 0 Å².